The molecule has 0 saturated carbocycles. The third-order valence-electron chi connectivity index (χ3n) is 3.32. The highest BCUT2D eigenvalue weighted by Crippen LogP contribution is 2.29. The predicted octanol–water partition coefficient (Wildman–Crippen LogP) is 2.84. The number of nitrogens with zero attached hydrogens (tertiary/aromatic N) is 1. The molecule has 0 heterocycles. The van der Waals surface area contributed by atoms with Crippen molar-refractivity contribution in [3.63, 3.8) is 0 Å². The van der Waals surface area contributed by atoms with E-state index in [-0.39, 0.29) is 22.3 Å². The summed E-state index contributed by atoms with van der Waals surface area (Å²) in [6.07, 6.45) is 0. The first-order valence-electron chi connectivity index (χ1n) is 7.45. The number of sulfonamides is 1. The molecular weight excluding hydrogens is 346 g/mol. The maximum absolute atomic E-state index is 12.4. The van der Waals surface area contributed by atoms with E-state index in [4.69, 9.17) is 4.74 Å². The van der Waals surface area contributed by atoms with Gasteiger partial charge in [0.25, 0.3) is 15.7 Å². The molecule has 0 aliphatic carbocycles. The van der Waals surface area contributed by atoms with E-state index < -0.39 is 14.9 Å². The molecule has 134 valence electrons. The van der Waals surface area contributed by atoms with E-state index in [0.717, 1.165) is 6.07 Å². The molecule has 8 nitrogen and oxygen atoms in total. The quantitative estimate of drug-likeness (QED) is 0.550. The molecule has 1 atom stereocenters. The van der Waals surface area contributed by atoms with E-state index in [2.05, 4.69) is 10.0 Å². The van der Waals surface area contributed by atoms with Crippen LogP contribution in [0.2, 0.25) is 0 Å². The number of hydrogen-bond acceptors (Lipinski definition) is 6. The first kappa shape index (κ1) is 18.7. The summed E-state index contributed by atoms with van der Waals surface area (Å²) < 4.78 is 32.2. The van der Waals surface area contributed by atoms with Crippen molar-refractivity contribution in [3.05, 3.63) is 58.6 Å². The van der Waals surface area contributed by atoms with Gasteiger partial charge in [-0.05, 0) is 31.2 Å². The molecule has 0 unspecified atom stereocenters. The summed E-state index contributed by atoms with van der Waals surface area (Å²) >= 11 is 0. The normalized spacial score (nSPS) is 12.4. The monoisotopic (exact) mass is 365 g/mol. The van der Waals surface area contributed by atoms with E-state index in [0.29, 0.717) is 12.3 Å². The zero-order chi connectivity index (χ0) is 18.4. The molecule has 2 N–H and O–H groups in total. The Hall–Kier alpha value is -2.65. The average Bonchev–Trinajstić information content (AvgIpc) is 2.55. The third kappa shape index (κ3) is 4.91. The zero-order valence-corrected chi connectivity index (χ0v) is 14.6. The second-order valence-corrected chi connectivity index (χ2v) is 7.09. The maximum Gasteiger partial charge on any atom is 0.293 e. The lowest BCUT2D eigenvalue weighted by Crippen LogP contribution is -2.21. The van der Waals surface area contributed by atoms with E-state index in [1.165, 1.54) is 19.2 Å². The van der Waals surface area contributed by atoms with Crippen molar-refractivity contribution in [2.45, 2.75) is 17.9 Å². The van der Waals surface area contributed by atoms with Crippen molar-refractivity contribution in [2.24, 2.45) is 0 Å². The summed E-state index contributed by atoms with van der Waals surface area (Å²) in [6.45, 7) is 2.15. The molecule has 2 aromatic carbocycles. The molecule has 2 rings (SSSR count). The van der Waals surface area contributed by atoms with Gasteiger partial charge >= 0.3 is 0 Å². The molecular formula is C16H19N3O5S. The largest absolute Gasteiger partial charge is 0.383 e. The van der Waals surface area contributed by atoms with Crippen LogP contribution in [0.25, 0.3) is 0 Å². The van der Waals surface area contributed by atoms with Crippen molar-refractivity contribution in [3.8, 4) is 0 Å². The van der Waals surface area contributed by atoms with Crippen LogP contribution in [0.1, 0.15) is 6.92 Å². The number of rotatable bonds is 8. The van der Waals surface area contributed by atoms with Crippen LogP contribution >= 0.6 is 0 Å². The number of anilines is 2. The fourth-order valence-electron chi connectivity index (χ4n) is 2.23. The second-order valence-electron chi connectivity index (χ2n) is 5.41. The number of nitro benzene ring substituents is 1. The first-order valence-corrected chi connectivity index (χ1v) is 8.93. The second kappa shape index (κ2) is 7.95. The van der Waals surface area contributed by atoms with Gasteiger partial charge in [-0.3, -0.25) is 14.8 Å². The zero-order valence-electron chi connectivity index (χ0n) is 13.8. The topological polar surface area (TPSA) is 111 Å². The average molecular weight is 365 g/mol. The molecule has 9 heteroatoms. The molecule has 0 aromatic heterocycles. The summed E-state index contributed by atoms with van der Waals surface area (Å²) in [4.78, 5) is 10.5. The van der Waals surface area contributed by atoms with Gasteiger partial charge in [-0.25, -0.2) is 8.42 Å². The Bertz CT molecular complexity index is 840. The van der Waals surface area contributed by atoms with Gasteiger partial charge in [-0.2, -0.15) is 0 Å². The SMILES string of the molecule is COC[C@H](C)Nc1ccc(S(=O)(=O)Nc2ccccc2)cc1[N+](=O)[O-]. The Kier molecular flexibility index (Phi) is 5.94. The molecule has 0 spiro atoms. The van der Waals surface area contributed by atoms with Crippen molar-refractivity contribution < 1.29 is 18.1 Å². The van der Waals surface area contributed by atoms with Crippen LogP contribution < -0.4 is 10.0 Å². The van der Waals surface area contributed by atoms with Crippen LogP contribution in [-0.2, 0) is 14.8 Å². The Morgan fingerprint density at radius 2 is 1.88 bits per heavy atom. The van der Waals surface area contributed by atoms with Gasteiger partial charge in [0.15, 0.2) is 0 Å². The van der Waals surface area contributed by atoms with Crippen molar-refractivity contribution >= 4 is 27.1 Å². The minimum Gasteiger partial charge on any atom is -0.383 e. The minimum absolute atomic E-state index is 0.173. The Morgan fingerprint density at radius 3 is 2.48 bits per heavy atom. The Balaban J connectivity index is 2.33. The van der Waals surface area contributed by atoms with Crippen LogP contribution in [0, 0.1) is 10.1 Å². The minimum atomic E-state index is -3.93. The number of methoxy groups -OCH3 is 1. The molecule has 0 bridgehead atoms. The van der Waals surface area contributed by atoms with Crippen LogP contribution in [0.5, 0.6) is 0 Å². The number of benzene rings is 2. The number of nitro groups is 1. The Labute approximate surface area is 146 Å². The van der Waals surface area contributed by atoms with Gasteiger partial charge in [0.2, 0.25) is 0 Å². The van der Waals surface area contributed by atoms with E-state index in [1.54, 1.807) is 37.3 Å². The highest BCUT2D eigenvalue weighted by molar-refractivity contribution is 7.92. The van der Waals surface area contributed by atoms with Gasteiger partial charge < -0.3 is 10.1 Å². The number of para-hydroxylation sites is 1. The summed E-state index contributed by atoms with van der Waals surface area (Å²) in [6, 6.07) is 11.9. The molecule has 0 amide bonds. The third-order valence-corrected chi connectivity index (χ3v) is 4.70. The Morgan fingerprint density at radius 1 is 1.20 bits per heavy atom. The van der Waals surface area contributed by atoms with Crippen molar-refractivity contribution in [1.29, 1.82) is 0 Å². The van der Waals surface area contributed by atoms with Crippen molar-refractivity contribution in [2.75, 3.05) is 23.8 Å². The van der Waals surface area contributed by atoms with Gasteiger partial charge in [0.1, 0.15) is 5.69 Å². The van der Waals surface area contributed by atoms with E-state index >= 15 is 0 Å². The number of nitrogens with one attached hydrogen (secondary N) is 2. The summed E-state index contributed by atoms with van der Waals surface area (Å²) in [7, 11) is -2.41. The molecule has 0 saturated heterocycles. The lowest BCUT2D eigenvalue weighted by atomic mass is 10.2. The number of ether oxygens (including phenoxy) is 1. The molecule has 0 radical (unpaired) electrons. The highest BCUT2D eigenvalue weighted by atomic mass is 32.2. The summed E-state index contributed by atoms with van der Waals surface area (Å²) in [5.41, 5.74) is 0.285. The molecule has 0 fully saturated rings. The van der Waals surface area contributed by atoms with Crippen LogP contribution in [0.3, 0.4) is 0 Å². The standard InChI is InChI=1S/C16H19N3O5S/c1-12(11-24-2)17-15-9-8-14(10-16(15)19(20)21)25(22,23)18-13-6-4-3-5-7-13/h3-10,12,17-18H,11H2,1-2H3/t12-/m0/s1. The lowest BCUT2D eigenvalue weighted by Gasteiger charge is -2.15. The fourth-order valence-corrected chi connectivity index (χ4v) is 3.31. The predicted molar refractivity (Wildman–Crippen MR) is 95.3 cm³/mol. The first-order chi connectivity index (χ1) is 11.8. The summed E-state index contributed by atoms with van der Waals surface area (Å²) in [5.74, 6) is 0. The van der Waals surface area contributed by atoms with Gasteiger partial charge in [-0.15, -0.1) is 0 Å². The molecule has 0 aliphatic heterocycles. The van der Waals surface area contributed by atoms with Gasteiger partial charge in [0, 0.05) is 24.9 Å². The summed E-state index contributed by atoms with van der Waals surface area (Å²) in [5, 5.41) is 14.3. The smallest absolute Gasteiger partial charge is 0.293 e. The lowest BCUT2D eigenvalue weighted by molar-refractivity contribution is -0.384. The fraction of sp³-hybridized carbons (Fsp3) is 0.250. The van der Waals surface area contributed by atoms with Crippen molar-refractivity contribution in [1.82, 2.24) is 0 Å². The van der Waals surface area contributed by atoms with Gasteiger partial charge in [0.05, 0.1) is 16.4 Å². The van der Waals surface area contributed by atoms with E-state index in [1.807, 2.05) is 0 Å². The number of hydrogen-bond donors (Lipinski definition) is 2. The molecule has 0 aliphatic rings. The van der Waals surface area contributed by atoms with Crippen LogP contribution in [0.4, 0.5) is 17.1 Å². The molecule has 2 aromatic rings. The van der Waals surface area contributed by atoms with Gasteiger partial charge in [-0.1, -0.05) is 18.2 Å². The maximum atomic E-state index is 12.4. The molecule has 25 heavy (non-hydrogen) atoms. The van der Waals surface area contributed by atoms with E-state index in [9.17, 15) is 18.5 Å². The van der Waals surface area contributed by atoms with Crippen LogP contribution in [0.15, 0.2) is 53.4 Å². The highest BCUT2D eigenvalue weighted by Gasteiger charge is 2.22. The van der Waals surface area contributed by atoms with Crippen LogP contribution in [-0.4, -0.2) is 33.1 Å².